The smallest absolute Gasteiger partial charge is 0.251 e. The molecule has 1 heterocycles. The molecule has 1 aliphatic heterocycles. The highest BCUT2D eigenvalue weighted by Crippen LogP contribution is 2.25. The van der Waals surface area contributed by atoms with Gasteiger partial charge >= 0.3 is 0 Å². The summed E-state index contributed by atoms with van der Waals surface area (Å²) in [7, 11) is -0.863. The summed E-state index contributed by atoms with van der Waals surface area (Å²) in [6.45, 7) is 2.51. The van der Waals surface area contributed by atoms with Crippen molar-refractivity contribution < 1.29 is 13.2 Å². The normalized spacial score (nSPS) is 17.8. The quantitative estimate of drug-likeness (QED) is 0.778. The van der Waals surface area contributed by atoms with Gasteiger partial charge in [0.05, 0.1) is 5.02 Å². The molecule has 0 spiro atoms. The molecule has 28 heavy (non-hydrogen) atoms. The molecule has 0 saturated carbocycles. The van der Waals surface area contributed by atoms with Crippen molar-refractivity contribution in [2.45, 2.75) is 23.9 Å². The highest BCUT2D eigenvalue weighted by atomic mass is 35.5. The Hall–Kier alpha value is -1.93. The monoisotopic (exact) mass is 421 g/mol. The van der Waals surface area contributed by atoms with Gasteiger partial charge < -0.3 is 5.32 Å². The minimum atomic E-state index is -3.72. The molecule has 1 unspecified atom stereocenters. The van der Waals surface area contributed by atoms with Gasteiger partial charge in [0.15, 0.2) is 0 Å². The van der Waals surface area contributed by atoms with E-state index in [1.165, 1.54) is 31.8 Å². The maximum absolute atomic E-state index is 12.6. The van der Waals surface area contributed by atoms with Crippen molar-refractivity contribution >= 4 is 27.5 Å². The van der Waals surface area contributed by atoms with Crippen LogP contribution in [0.4, 0.5) is 0 Å². The van der Waals surface area contributed by atoms with Crippen LogP contribution in [0.15, 0.2) is 53.4 Å². The first kappa shape index (κ1) is 20.8. The molecule has 150 valence electrons. The number of hydrogen-bond acceptors (Lipinski definition) is 4. The summed E-state index contributed by atoms with van der Waals surface area (Å²) in [4.78, 5) is 14.9. The number of carbonyl (C=O) groups is 1. The summed E-state index contributed by atoms with van der Waals surface area (Å²) in [5.74, 6) is -0.293. The Balaban J connectivity index is 1.66. The minimum absolute atomic E-state index is 0.0285. The Kier molecular flexibility index (Phi) is 6.40. The Labute approximate surface area is 171 Å². The lowest BCUT2D eigenvalue weighted by molar-refractivity contribution is 0.0937. The molecule has 0 aromatic heterocycles. The third kappa shape index (κ3) is 4.72. The van der Waals surface area contributed by atoms with Gasteiger partial charge in [-0.1, -0.05) is 41.9 Å². The molecule has 1 saturated heterocycles. The number of likely N-dealkylation sites (tertiary alicyclic amines) is 1. The van der Waals surface area contributed by atoms with Gasteiger partial charge in [0.2, 0.25) is 10.0 Å². The van der Waals surface area contributed by atoms with Gasteiger partial charge in [-0.3, -0.25) is 9.69 Å². The Morgan fingerprint density at radius 2 is 1.93 bits per heavy atom. The van der Waals surface area contributed by atoms with Gasteiger partial charge in [-0.15, -0.1) is 0 Å². The number of nitrogens with one attached hydrogen (secondary N) is 1. The number of benzene rings is 2. The van der Waals surface area contributed by atoms with Gasteiger partial charge in [0.25, 0.3) is 5.91 Å². The number of rotatable bonds is 6. The van der Waals surface area contributed by atoms with Gasteiger partial charge in [-0.25, -0.2) is 12.7 Å². The number of nitrogens with zero attached hydrogens (tertiary/aromatic N) is 2. The molecule has 2 aromatic carbocycles. The molecular weight excluding hydrogens is 398 g/mol. The van der Waals surface area contributed by atoms with Crippen LogP contribution in [0.2, 0.25) is 5.02 Å². The Morgan fingerprint density at radius 3 is 2.61 bits per heavy atom. The van der Waals surface area contributed by atoms with Crippen LogP contribution in [0.25, 0.3) is 0 Å². The van der Waals surface area contributed by atoms with Crippen molar-refractivity contribution in [3.8, 4) is 0 Å². The number of carbonyl (C=O) groups excluding carboxylic acids is 1. The predicted molar refractivity (Wildman–Crippen MR) is 110 cm³/mol. The highest BCUT2D eigenvalue weighted by molar-refractivity contribution is 7.89. The number of halogens is 1. The zero-order valence-electron chi connectivity index (χ0n) is 15.9. The Morgan fingerprint density at radius 1 is 1.21 bits per heavy atom. The fraction of sp³-hybridized carbons (Fsp3) is 0.350. The van der Waals surface area contributed by atoms with E-state index in [2.05, 4.69) is 22.3 Å². The van der Waals surface area contributed by atoms with E-state index >= 15 is 0 Å². The average molecular weight is 422 g/mol. The van der Waals surface area contributed by atoms with E-state index in [-0.39, 0.29) is 27.4 Å². The summed E-state index contributed by atoms with van der Waals surface area (Å²) in [6, 6.07) is 14.6. The molecule has 1 aliphatic rings. The van der Waals surface area contributed by atoms with Crippen LogP contribution in [0.5, 0.6) is 0 Å². The molecule has 6 nitrogen and oxygen atoms in total. The average Bonchev–Trinajstić information content (AvgIpc) is 3.09. The minimum Gasteiger partial charge on any atom is -0.348 e. The molecule has 1 N–H and O–H groups in total. The third-order valence-corrected chi connectivity index (χ3v) is 7.11. The number of hydrogen-bond donors (Lipinski definition) is 1. The van der Waals surface area contributed by atoms with Crippen molar-refractivity contribution in [3.63, 3.8) is 0 Å². The maximum Gasteiger partial charge on any atom is 0.251 e. The van der Waals surface area contributed by atoms with E-state index in [0.717, 1.165) is 30.4 Å². The van der Waals surface area contributed by atoms with E-state index in [1.807, 2.05) is 18.2 Å². The van der Waals surface area contributed by atoms with E-state index in [1.54, 1.807) is 6.07 Å². The van der Waals surface area contributed by atoms with Crippen molar-refractivity contribution in [2.75, 3.05) is 27.2 Å². The number of amides is 1. The molecule has 1 atom stereocenters. The molecule has 1 amide bonds. The first-order valence-electron chi connectivity index (χ1n) is 9.06. The number of sulfonamides is 1. The third-order valence-electron chi connectivity index (χ3n) is 4.81. The summed E-state index contributed by atoms with van der Waals surface area (Å²) < 4.78 is 25.9. The standard InChI is InChI=1S/C20H24ClN3O3S/c1-23(2)28(26,27)19-12-16(8-9-18(19)21)20(25)22-17-10-11-24(14-17)13-15-6-4-3-5-7-15/h3-9,12,17H,10-11,13-14H2,1-2H3,(H,22,25). The highest BCUT2D eigenvalue weighted by Gasteiger charge is 2.26. The zero-order chi connectivity index (χ0) is 20.3. The lowest BCUT2D eigenvalue weighted by Crippen LogP contribution is -2.37. The molecular formula is C20H24ClN3O3S. The van der Waals surface area contributed by atoms with E-state index in [4.69, 9.17) is 11.6 Å². The molecule has 8 heteroatoms. The second-order valence-corrected chi connectivity index (χ2v) is 9.64. The van der Waals surface area contributed by atoms with Crippen LogP contribution in [0.3, 0.4) is 0 Å². The lowest BCUT2D eigenvalue weighted by Gasteiger charge is -2.17. The van der Waals surface area contributed by atoms with Crippen molar-refractivity contribution in [3.05, 3.63) is 64.7 Å². The second-order valence-electron chi connectivity index (χ2n) is 7.11. The van der Waals surface area contributed by atoms with Crippen LogP contribution in [0.1, 0.15) is 22.3 Å². The van der Waals surface area contributed by atoms with Crippen LogP contribution >= 0.6 is 11.6 Å². The first-order chi connectivity index (χ1) is 13.3. The SMILES string of the molecule is CN(C)S(=O)(=O)c1cc(C(=O)NC2CCN(Cc3ccccc3)C2)ccc1Cl. The lowest BCUT2D eigenvalue weighted by atomic mass is 10.2. The maximum atomic E-state index is 12.6. The van der Waals surface area contributed by atoms with Crippen LogP contribution in [-0.2, 0) is 16.6 Å². The van der Waals surface area contributed by atoms with Gasteiger partial charge in [0, 0.05) is 45.3 Å². The molecule has 0 aliphatic carbocycles. The molecule has 3 rings (SSSR count). The van der Waals surface area contributed by atoms with E-state index < -0.39 is 10.0 Å². The van der Waals surface area contributed by atoms with Crippen LogP contribution < -0.4 is 5.32 Å². The fourth-order valence-corrected chi connectivity index (χ4v) is 4.64. The first-order valence-corrected chi connectivity index (χ1v) is 10.9. The molecule has 1 fully saturated rings. The van der Waals surface area contributed by atoms with Gasteiger partial charge in [-0.2, -0.15) is 0 Å². The van der Waals surface area contributed by atoms with Gasteiger partial charge in [-0.05, 0) is 30.2 Å². The topological polar surface area (TPSA) is 69.7 Å². The summed E-state index contributed by atoms with van der Waals surface area (Å²) in [5.41, 5.74) is 1.53. The molecule has 0 bridgehead atoms. The predicted octanol–water partition coefficient (Wildman–Crippen LogP) is 2.59. The van der Waals surface area contributed by atoms with Crippen LogP contribution in [-0.4, -0.2) is 56.8 Å². The molecule has 0 radical (unpaired) electrons. The van der Waals surface area contributed by atoms with Crippen molar-refractivity contribution in [1.29, 1.82) is 0 Å². The molecule has 2 aromatic rings. The van der Waals surface area contributed by atoms with Crippen LogP contribution in [0, 0.1) is 0 Å². The summed E-state index contributed by atoms with van der Waals surface area (Å²) in [6.07, 6.45) is 0.856. The van der Waals surface area contributed by atoms with Crippen molar-refractivity contribution in [1.82, 2.24) is 14.5 Å². The fourth-order valence-electron chi connectivity index (χ4n) is 3.24. The van der Waals surface area contributed by atoms with Gasteiger partial charge in [0.1, 0.15) is 4.90 Å². The summed E-state index contributed by atoms with van der Waals surface area (Å²) >= 11 is 6.05. The largest absolute Gasteiger partial charge is 0.348 e. The Bertz CT molecular complexity index is 948. The van der Waals surface area contributed by atoms with Crippen molar-refractivity contribution in [2.24, 2.45) is 0 Å². The van der Waals surface area contributed by atoms with E-state index in [9.17, 15) is 13.2 Å². The second kappa shape index (κ2) is 8.61. The zero-order valence-corrected chi connectivity index (χ0v) is 17.5. The van der Waals surface area contributed by atoms with E-state index in [0.29, 0.717) is 0 Å². The summed E-state index contributed by atoms with van der Waals surface area (Å²) in [5, 5.41) is 3.10.